The van der Waals surface area contributed by atoms with Crippen molar-refractivity contribution in [1.82, 2.24) is 5.32 Å². The Labute approximate surface area is 123 Å². The first-order chi connectivity index (χ1) is 10.1. The van der Waals surface area contributed by atoms with Gasteiger partial charge in [0.2, 0.25) is 0 Å². The molecule has 2 unspecified atom stereocenters. The molecule has 0 fully saturated rings. The van der Waals surface area contributed by atoms with Crippen molar-refractivity contribution in [1.29, 1.82) is 0 Å². The predicted molar refractivity (Wildman–Crippen MR) is 71.4 cm³/mol. The standard InChI is InChI=1S/C9H18NO8P.CH2O/c1-14-8(5-16-7-11)6-18-19(13)17-4-3-10-9(12)15-2;1-2/h7-8,13H,3-6H2,1-2H3,(H,10,12);1H2. The normalized spacial score (nSPS) is 12.3. The molecular weight excluding hydrogens is 309 g/mol. The summed E-state index contributed by atoms with van der Waals surface area (Å²) in [7, 11) is 0.575. The largest absolute Gasteiger partial charge is 0.465 e. The quantitative estimate of drug-likeness (QED) is 0.295. The number of alkyl carbamates (subject to hydrolysis) is 1. The van der Waals surface area contributed by atoms with Gasteiger partial charge in [0.25, 0.3) is 6.47 Å². The van der Waals surface area contributed by atoms with Crippen LogP contribution in [-0.4, -0.2) is 70.9 Å². The van der Waals surface area contributed by atoms with E-state index in [2.05, 4.69) is 14.8 Å². The Morgan fingerprint density at radius 3 is 2.52 bits per heavy atom. The van der Waals surface area contributed by atoms with Gasteiger partial charge < -0.3 is 38.3 Å². The number of hydrogen-bond acceptors (Lipinski definition) is 9. The van der Waals surface area contributed by atoms with E-state index in [4.69, 9.17) is 18.6 Å². The van der Waals surface area contributed by atoms with E-state index in [0.29, 0.717) is 6.47 Å². The van der Waals surface area contributed by atoms with Gasteiger partial charge in [-0.05, 0) is 0 Å². The molecule has 124 valence electrons. The molecule has 0 bridgehead atoms. The summed E-state index contributed by atoms with van der Waals surface area (Å²) in [5, 5.41) is 2.37. The number of ether oxygens (including phenoxy) is 3. The summed E-state index contributed by atoms with van der Waals surface area (Å²) in [6.07, 6.45) is -1.07. The van der Waals surface area contributed by atoms with Crippen LogP contribution >= 0.6 is 8.60 Å². The highest BCUT2D eigenvalue weighted by atomic mass is 31.2. The second-order valence-electron chi connectivity index (χ2n) is 3.07. The maximum atomic E-state index is 10.7. The molecule has 0 saturated heterocycles. The van der Waals surface area contributed by atoms with Gasteiger partial charge in [-0.3, -0.25) is 4.79 Å². The Kier molecular flexibility index (Phi) is 17.5. The summed E-state index contributed by atoms with van der Waals surface area (Å²) < 4.78 is 23.6. The fourth-order valence-corrected chi connectivity index (χ4v) is 1.48. The Hall–Kier alpha value is -1.32. The van der Waals surface area contributed by atoms with Crippen molar-refractivity contribution < 1.29 is 42.5 Å². The summed E-state index contributed by atoms with van der Waals surface area (Å²) in [5.74, 6) is 0. The third-order valence-electron chi connectivity index (χ3n) is 1.81. The summed E-state index contributed by atoms with van der Waals surface area (Å²) in [6, 6.07) is 0. The van der Waals surface area contributed by atoms with Crippen LogP contribution in [0.5, 0.6) is 0 Å². The third-order valence-corrected chi connectivity index (χ3v) is 2.59. The molecule has 2 N–H and O–H groups in total. The Morgan fingerprint density at radius 2 is 2.00 bits per heavy atom. The second-order valence-corrected chi connectivity index (χ2v) is 4.06. The van der Waals surface area contributed by atoms with Crippen molar-refractivity contribution in [3.8, 4) is 0 Å². The van der Waals surface area contributed by atoms with Crippen molar-refractivity contribution in [2.45, 2.75) is 6.10 Å². The molecule has 2 atom stereocenters. The Balaban J connectivity index is 0. The van der Waals surface area contributed by atoms with Crippen molar-refractivity contribution in [3.05, 3.63) is 0 Å². The lowest BCUT2D eigenvalue weighted by atomic mass is 10.4. The number of amides is 1. The zero-order chi connectivity index (χ0) is 16.5. The van der Waals surface area contributed by atoms with E-state index >= 15 is 0 Å². The molecule has 0 heterocycles. The molecule has 0 radical (unpaired) electrons. The molecular formula is C10H20NO9P. The lowest BCUT2D eigenvalue weighted by Gasteiger charge is -2.16. The van der Waals surface area contributed by atoms with E-state index in [-0.39, 0.29) is 26.4 Å². The first-order valence-electron chi connectivity index (χ1n) is 5.57. The van der Waals surface area contributed by atoms with Gasteiger partial charge in [0.05, 0.1) is 20.3 Å². The van der Waals surface area contributed by atoms with Crippen LogP contribution in [0.4, 0.5) is 4.79 Å². The first kappa shape index (κ1) is 22.0. The van der Waals surface area contributed by atoms with Gasteiger partial charge in [-0.2, -0.15) is 0 Å². The van der Waals surface area contributed by atoms with Crippen LogP contribution < -0.4 is 5.32 Å². The van der Waals surface area contributed by atoms with E-state index in [0.717, 1.165) is 0 Å². The molecule has 10 nitrogen and oxygen atoms in total. The molecule has 0 aromatic rings. The van der Waals surface area contributed by atoms with E-state index < -0.39 is 20.8 Å². The van der Waals surface area contributed by atoms with E-state index in [9.17, 15) is 14.5 Å². The Bertz CT molecular complexity index is 269. The summed E-state index contributed by atoms with van der Waals surface area (Å²) in [6.45, 7) is 2.57. The van der Waals surface area contributed by atoms with Crippen molar-refractivity contribution in [2.75, 3.05) is 40.6 Å². The van der Waals surface area contributed by atoms with Crippen LogP contribution in [0.1, 0.15) is 0 Å². The average Bonchev–Trinajstić information content (AvgIpc) is 2.53. The molecule has 0 spiro atoms. The highest BCUT2D eigenvalue weighted by molar-refractivity contribution is 7.40. The highest BCUT2D eigenvalue weighted by Gasteiger charge is 2.13. The lowest BCUT2D eigenvalue weighted by molar-refractivity contribution is -0.132. The Morgan fingerprint density at radius 1 is 1.33 bits per heavy atom. The molecule has 0 aliphatic heterocycles. The number of nitrogens with one attached hydrogen (secondary N) is 1. The van der Waals surface area contributed by atoms with Gasteiger partial charge in [-0.25, -0.2) is 4.79 Å². The average molecular weight is 329 g/mol. The number of carbonyl (C=O) groups excluding carboxylic acids is 3. The van der Waals surface area contributed by atoms with Gasteiger partial charge in [-0.1, -0.05) is 0 Å². The molecule has 0 saturated carbocycles. The lowest BCUT2D eigenvalue weighted by Crippen LogP contribution is -2.26. The van der Waals surface area contributed by atoms with Crippen LogP contribution in [0.3, 0.4) is 0 Å². The molecule has 11 heteroatoms. The number of hydrogen-bond donors (Lipinski definition) is 2. The zero-order valence-electron chi connectivity index (χ0n) is 11.9. The summed E-state index contributed by atoms with van der Waals surface area (Å²) in [4.78, 5) is 38.0. The van der Waals surface area contributed by atoms with E-state index in [1.54, 1.807) is 0 Å². The van der Waals surface area contributed by atoms with Gasteiger partial charge in [-0.15, -0.1) is 0 Å². The number of rotatable bonds is 11. The minimum Gasteiger partial charge on any atom is -0.465 e. The molecule has 0 aromatic carbocycles. The zero-order valence-corrected chi connectivity index (χ0v) is 12.7. The summed E-state index contributed by atoms with van der Waals surface area (Å²) in [5.41, 5.74) is 0. The molecule has 21 heavy (non-hydrogen) atoms. The van der Waals surface area contributed by atoms with Gasteiger partial charge in [0, 0.05) is 13.7 Å². The third kappa shape index (κ3) is 14.9. The van der Waals surface area contributed by atoms with E-state index in [1.807, 2.05) is 6.79 Å². The van der Waals surface area contributed by atoms with Gasteiger partial charge in [0.1, 0.15) is 19.5 Å². The predicted octanol–water partition coefficient (Wildman–Crippen LogP) is -0.402. The monoisotopic (exact) mass is 329 g/mol. The molecule has 0 aromatic heterocycles. The fraction of sp³-hybridized carbons (Fsp3) is 0.700. The minimum atomic E-state index is -2.08. The van der Waals surface area contributed by atoms with Crippen LogP contribution in [0, 0.1) is 0 Å². The topological polar surface area (TPSA) is 130 Å². The number of carbonyl (C=O) groups is 3. The van der Waals surface area contributed by atoms with Gasteiger partial charge in [0.15, 0.2) is 0 Å². The van der Waals surface area contributed by atoms with Crippen LogP contribution in [0.25, 0.3) is 0 Å². The minimum absolute atomic E-state index is 0.0109. The molecule has 0 aliphatic rings. The first-order valence-corrected chi connectivity index (χ1v) is 6.70. The van der Waals surface area contributed by atoms with Crippen LogP contribution in [0.15, 0.2) is 0 Å². The van der Waals surface area contributed by atoms with Crippen LogP contribution in [0.2, 0.25) is 0 Å². The maximum Gasteiger partial charge on any atom is 0.406 e. The smallest absolute Gasteiger partial charge is 0.406 e. The highest BCUT2D eigenvalue weighted by Crippen LogP contribution is 2.32. The van der Waals surface area contributed by atoms with Crippen molar-refractivity contribution >= 4 is 28.0 Å². The SMILES string of the molecule is C=O.COC(=O)NCCOP(O)OCC(COC=O)OC. The second kappa shape index (κ2) is 16.7. The van der Waals surface area contributed by atoms with E-state index in [1.165, 1.54) is 14.2 Å². The van der Waals surface area contributed by atoms with Gasteiger partial charge >= 0.3 is 14.7 Å². The van der Waals surface area contributed by atoms with Crippen molar-refractivity contribution in [3.63, 3.8) is 0 Å². The van der Waals surface area contributed by atoms with Crippen molar-refractivity contribution in [2.24, 2.45) is 0 Å². The maximum absolute atomic E-state index is 10.7. The molecule has 1 amide bonds. The molecule has 0 rings (SSSR count). The number of methoxy groups -OCH3 is 2. The summed E-state index contributed by atoms with van der Waals surface area (Å²) >= 11 is 0. The molecule has 0 aliphatic carbocycles. The fourth-order valence-electron chi connectivity index (χ4n) is 0.864. The van der Waals surface area contributed by atoms with Crippen LogP contribution in [-0.2, 0) is 32.8 Å².